The Morgan fingerprint density at radius 3 is 2.35 bits per heavy atom. The van der Waals surface area contributed by atoms with Crippen LogP contribution in [0.4, 0.5) is 0 Å². The number of rotatable bonds is 7. The summed E-state index contributed by atoms with van der Waals surface area (Å²) in [6.07, 6.45) is 7.66. The third kappa shape index (κ3) is 4.14. The zero-order valence-electron chi connectivity index (χ0n) is 12.8. The Morgan fingerprint density at radius 1 is 1.25 bits per heavy atom. The lowest BCUT2D eigenvalue weighted by Crippen LogP contribution is -2.46. The maximum atomic E-state index is 12.2. The molecule has 0 aromatic heterocycles. The summed E-state index contributed by atoms with van der Waals surface area (Å²) in [4.78, 5) is 23.7. The highest BCUT2D eigenvalue weighted by Crippen LogP contribution is 2.32. The van der Waals surface area contributed by atoms with Crippen LogP contribution in [0.2, 0.25) is 0 Å². The molecule has 0 bridgehead atoms. The number of amides is 1. The van der Waals surface area contributed by atoms with Gasteiger partial charge in [-0.15, -0.1) is 0 Å². The first kappa shape index (κ1) is 17.3. The molecule has 2 N–H and O–H groups in total. The monoisotopic (exact) mass is 301 g/mol. The molecule has 20 heavy (non-hydrogen) atoms. The van der Waals surface area contributed by atoms with Crippen LogP contribution in [0.1, 0.15) is 58.8 Å². The minimum atomic E-state index is -0.909. The molecule has 1 rings (SSSR count). The highest BCUT2D eigenvalue weighted by atomic mass is 32.2. The van der Waals surface area contributed by atoms with E-state index in [2.05, 4.69) is 11.6 Å². The smallest absolute Gasteiger partial charge is 0.310 e. The number of carbonyl (C=O) groups excluding carboxylic acids is 1. The molecule has 1 fully saturated rings. The first-order valence-corrected chi connectivity index (χ1v) is 8.83. The summed E-state index contributed by atoms with van der Waals surface area (Å²) in [7, 11) is 0. The molecule has 0 aromatic carbocycles. The average molecular weight is 301 g/mol. The van der Waals surface area contributed by atoms with Gasteiger partial charge in [0.05, 0.1) is 5.41 Å². The molecule has 0 aromatic rings. The van der Waals surface area contributed by atoms with Gasteiger partial charge in [0.2, 0.25) is 5.91 Å². The van der Waals surface area contributed by atoms with E-state index in [4.69, 9.17) is 0 Å². The summed E-state index contributed by atoms with van der Waals surface area (Å²) < 4.78 is 0. The molecule has 4 nitrogen and oxygen atoms in total. The van der Waals surface area contributed by atoms with E-state index in [9.17, 15) is 14.7 Å². The fraction of sp³-hybridized carbons (Fsp3) is 0.867. The fourth-order valence-corrected chi connectivity index (χ4v) is 3.92. The summed E-state index contributed by atoms with van der Waals surface area (Å²) in [5, 5.41) is 12.9. The number of aliphatic carboxylic acids is 1. The minimum absolute atomic E-state index is 0.0902. The van der Waals surface area contributed by atoms with Crippen LogP contribution in [0, 0.1) is 5.41 Å². The predicted molar refractivity (Wildman–Crippen MR) is 83.0 cm³/mol. The van der Waals surface area contributed by atoms with Gasteiger partial charge in [0.1, 0.15) is 0 Å². The standard InChI is InChI=1S/C15H27NO3S/c1-4-15(5-2,14(18)19)10-13(17)16-11-8-6-7-9-12(11)20-3/h11-12H,4-10H2,1-3H3,(H,16,17)(H,18,19). The number of thioether (sulfide) groups is 1. The Bertz CT molecular complexity index is 342. The predicted octanol–water partition coefficient (Wildman–Crippen LogP) is 3.06. The second kappa shape index (κ2) is 7.91. The van der Waals surface area contributed by atoms with E-state index in [1.165, 1.54) is 6.42 Å². The number of nitrogens with one attached hydrogen (secondary N) is 1. The minimum Gasteiger partial charge on any atom is -0.481 e. The second-order valence-corrected chi connectivity index (χ2v) is 6.78. The van der Waals surface area contributed by atoms with Crippen molar-refractivity contribution in [2.24, 2.45) is 5.41 Å². The molecule has 0 radical (unpaired) electrons. The molecule has 5 heteroatoms. The molecular weight excluding hydrogens is 274 g/mol. The Hall–Kier alpha value is -0.710. The molecule has 1 aliphatic rings. The lowest BCUT2D eigenvalue weighted by molar-refractivity contribution is -0.152. The van der Waals surface area contributed by atoms with E-state index in [1.54, 1.807) is 11.8 Å². The van der Waals surface area contributed by atoms with Gasteiger partial charge < -0.3 is 10.4 Å². The van der Waals surface area contributed by atoms with Crippen molar-refractivity contribution in [3.63, 3.8) is 0 Å². The summed E-state index contributed by atoms with van der Waals surface area (Å²) in [5.74, 6) is -0.968. The number of hydrogen-bond acceptors (Lipinski definition) is 3. The van der Waals surface area contributed by atoms with Crippen LogP contribution in [0.5, 0.6) is 0 Å². The summed E-state index contributed by atoms with van der Waals surface area (Å²) in [6.45, 7) is 3.69. The summed E-state index contributed by atoms with van der Waals surface area (Å²) >= 11 is 1.80. The van der Waals surface area contributed by atoms with Gasteiger partial charge in [0.25, 0.3) is 0 Å². The van der Waals surface area contributed by atoms with Gasteiger partial charge in [-0.3, -0.25) is 9.59 Å². The first-order chi connectivity index (χ1) is 9.49. The number of hydrogen-bond donors (Lipinski definition) is 2. The van der Waals surface area contributed by atoms with Crippen LogP contribution in [0.15, 0.2) is 0 Å². The summed E-state index contributed by atoms with van der Waals surface area (Å²) in [6, 6.07) is 0.200. The number of carboxylic acids is 1. The molecule has 0 spiro atoms. The zero-order chi connectivity index (χ0) is 15.2. The zero-order valence-corrected chi connectivity index (χ0v) is 13.6. The highest BCUT2D eigenvalue weighted by Gasteiger charge is 2.38. The van der Waals surface area contributed by atoms with Crippen LogP contribution in [0.25, 0.3) is 0 Å². The lowest BCUT2D eigenvalue weighted by Gasteiger charge is -2.32. The van der Waals surface area contributed by atoms with Gasteiger partial charge in [0, 0.05) is 17.7 Å². The molecule has 1 saturated carbocycles. The SMILES string of the molecule is CCC(CC)(CC(=O)NC1CCCCC1SC)C(=O)O. The van der Waals surface area contributed by atoms with Gasteiger partial charge in [-0.05, 0) is 31.9 Å². The molecule has 0 saturated heterocycles. The molecule has 1 amide bonds. The Kier molecular flexibility index (Phi) is 6.86. The van der Waals surface area contributed by atoms with Crippen molar-refractivity contribution in [2.45, 2.75) is 70.1 Å². The van der Waals surface area contributed by atoms with Crippen molar-refractivity contribution < 1.29 is 14.7 Å². The lowest BCUT2D eigenvalue weighted by atomic mass is 9.79. The molecule has 2 unspecified atom stereocenters. The van der Waals surface area contributed by atoms with Crippen molar-refractivity contribution in [2.75, 3.05) is 6.26 Å². The van der Waals surface area contributed by atoms with Crippen molar-refractivity contribution in [1.29, 1.82) is 0 Å². The third-order valence-corrected chi connectivity index (χ3v) is 5.83. The molecular formula is C15H27NO3S. The van der Waals surface area contributed by atoms with E-state index in [0.717, 1.165) is 19.3 Å². The largest absolute Gasteiger partial charge is 0.481 e. The van der Waals surface area contributed by atoms with Gasteiger partial charge in [-0.2, -0.15) is 11.8 Å². The quantitative estimate of drug-likeness (QED) is 0.758. The van der Waals surface area contributed by atoms with Gasteiger partial charge in [-0.25, -0.2) is 0 Å². The van der Waals surface area contributed by atoms with Crippen LogP contribution in [0.3, 0.4) is 0 Å². The normalized spacial score (nSPS) is 23.4. The first-order valence-electron chi connectivity index (χ1n) is 7.54. The molecule has 2 atom stereocenters. The molecule has 116 valence electrons. The maximum Gasteiger partial charge on any atom is 0.310 e. The Morgan fingerprint density at radius 2 is 1.85 bits per heavy atom. The van der Waals surface area contributed by atoms with E-state index >= 15 is 0 Å². The van der Waals surface area contributed by atoms with Crippen LogP contribution < -0.4 is 5.32 Å². The van der Waals surface area contributed by atoms with Gasteiger partial charge in [-0.1, -0.05) is 26.7 Å². The van der Waals surface area contributed by atoms with Crippen LogP contribution in [-0.2, 0) is 9.59 Å². The third-order valence-electron chi connectivity index (χ3n) is 4.66. The van der Waals surface area contributed by atoms with Gasteiger partial charge >= 0.3 is 5.97 Å². The topological polar surface area (TPSA) is 66.4 Å². The van der Waals surface area contributed by atoms with Crippen molar-refractivity contribution in [3.05, 3.63) is 0 Å². The van der Waals surface area contributed by atoms with Crippen molar-refractivity contribution in [1.82, 2.24) is 5.32 Å². The molecule has 0 heterocycles. The Balaban J connectivity index is 2.63. The summed E-state index contributed by atoms with van der Waals surface area (Å²) in [5.41, 5.74) is -0.909. The number of carbonyl (C=O) groups is 2. The molecule has 0 aliphatic heterocycles. The average Bonchev–Trinajstić information content (AvgIpc) is 2.45. The van der Waals surface area contributed by atoms with Crippen molar-refractivity contribution >= 4 is 23.6 Å². The second-order valence-electron chi connectivity index (χ2n) is 5.70. The van der Waals surface area contributed by atoms with E-state index in [1.807, 2.05) is 13.8 Å². The van der Waals surface area contributed by atoms with Crippen LogP contribution in [-0.4, -0.2) is 34.5 Å². The van der Waals surface area contributed by atoms with Crippen LogP contribution >= 0.6 is 11.8 Å². The number of carboxylic acid groups (broad SMARTS) is 1. The highest BCUT2D eigenvalue weighted by molar-refractivity contribution is 7.99. The van der Waals surface area contributed by atoms with Crippen molar-refractivity contribution in [3.8, 4) is 0 Å². The fourth-order valence-electron chi connectivity index (χ4n) is 2.99. The van der Waals surface area contributed by atoms with E-state index in [-0.39, 0.29) is 18.4 Å². The Labute approximate surface area is 126 Å². The van der Waals surface area contributed by atoms with E-state index < -0.39 is 11.4 Å². The maximum absolute atomic E-state index is 12.2. The molecule has 1 aliphatic carbocycles. The van der Waals surface area contributed by atoms with Gasteiger partial charge in [0.15, 0.2) is 0 Å². The van der Waals surface area contributed by atoms with E-state index in [0.29, 0.717) is 18.1 Å².